The minimum atomic E-state index is 0.300. The zero-order chi connectivity index (χ0) is 16.2. The molecule has 0 spiro atoms. The van der Waals surface area contributed by atoms with Crippen molar-refractivity contribution in [3.63, 3.8) is 0 Å². The van der Waals surface area contributed by atoms with Gasteiger partial charge in [0.05, 0.1) is 12.2 Å². The van der Waals surface area contributed by atoms with Gasteiger partial charge in [-0.15, -0.1) is 0 Å². The van der Waals surface area contributed by atoms with E-state index in [1.165, 1.54) is 5.56 Å². The first-order chi connectivity index (χ1) is 11.2. The van der Waals surface area contributed by atoms with Gasteiger partial charge in [0.2, 0.25) is 0 Å². The average molecular weight is 320 g/mol. The fourth-order valence-corrected chi connectivity index (χ4v) is 3.72. The number of rotatable bonds is 4. The van der Waals surface area contributed by atoms with E-state index in [1.54, 1.807) is 20.5 Å². The molecule has 2 atom stereocenters. The molecule has 6 heteroatoms. The summed E-state index contributed by atoms with van der Waals surface area (Å²) in [5.41, 5.74) is 1.17. The summed E-state index contributed by atoms with van der Waals surface area (Å²) in [5.74, 6) is 2.10. The summed E-state index contributed by atoms with van der Waals surface area (Å²) in [4.78, 5) is 13.8. The molecule has 0 radical (unpaired) electrons. The average Bonchev–Trinajstić information content (AvgIpc) is 2.62. The van der Waals surface area contributed by atoms with Gasteiger partial charge in [0.1, 0.15) is 18.0 Å². The van der Waals surface area contributed by atoms with Crippen molar-refractivity contribution in [2.24, 2.45) is 0 Å². The molecule has 2 aliphatic rings. The predicted molar refractivity (Wildman–Crippen MR) is 91.3 cm³/mol. The van der Waals surface area contributed by atoms with Gasteiger partial charge in [-0.1, -0.05) is 0 Å². The molecule has 1 aromatic rings. The standard InChI is InChI=1S/C17H28N4O2/c1-13-16(20-8-4-6-14(10-20)22-2)18-12-19-17(13)21-9-5-7-15(11-21)23-3/h12,14-15H,4-11H2,1-3H3/t14-,15-/m0/s1. The molecule has 0 aliphatic carbocycles. The highest BCUT2D eigenvalue weighted by atomic mass is 16.5. The molecule has 3 heterocycles. The molecule has 0 unspecified atom stereocenters. The normalized spacial score (nSPS) is 25.7. The Morgan fingerprint density at radius 1 is 0.913 bits per heavy atom. The first kappa shape index (κ1) is 16.5. The third kappa shape index (κ3) is 3.58. The summed E-state index contributed by atoms with van der Waals surface area (Å²) in [6, 6.07) is 0. The van der Waals surface area contributed by atoms with Crippen molar-refractivity contribution in [3.05, 3.63) is 11.9 Å². The smallest absolute Gasteiger partial charge is 0.137 e. The van der Waals surface area contributed by atoms with Crippen LogP contribution in [0, 0.1) is 6.92 Å². The number of ether oxygens (including phenoxy) is 2. The number of hydrogen-bond acceptors (Lipinski definition) is 6. The maximum absolute atomic E-state index is 5.55. The van der Waals surface area contributed by atoms with E-state index in [1.807, 2.05) is 0 Å². The van der Waals surface area contributed by atoms with Crippen LogP contribution >= 0.6 is 0 Å². The second-order valence-electron chi connectivity index (χ2n) is 6.54. The third-order valence-corrected chi connectivity index (χ3v) is 5.05. The van der Waals surface area contributed by atoms with E-state index in [0.717, 1.165) is 63.5 Å². The van der Waals surface area contributed by atoms with Gasteiger partial charge in [-0.05, 0) is 32.6 Å². The highest BCUT2D eigenvalue weighted by molar-refractivity contribution is 5.59. The fourth-order valence-electron chi connectivity index (χ4n) is 3.72. The van der Waals surface area contributed by atoms with Crippen LogP contribution in [0.2, 0.25) is 0 Å². The Hall–Kier alpha value is -1.40. The zero-order valence-electron chi connectivity index (χ0n) is 14.5. The molecule has 0 amide bonds. The van der Waals surface area contributed by atoms with Crippen LogP contribution in [-0.4, -0.2) is 62.6 Å². The Morgan fingerprint density at radius 3 is 1.83 bits per heavy atom. The van der Waals surface area contributed by atoms with Gasteiger partial charge in [-0.2, -0.15) is 0 Å². The number of nitrogens with zero attached hydrogens (tertiary/aromatic N) is 4. The van der Waals surface area contributed by atoms with E-state index in [-0.39, 0.29) is 0 Å². The van der Waals surface area contributed by atoms with Crippen LogP contribution in [0.4, 0.5) is 11.6 Å². The summed E-state index contributed by atoms with van der Waals surface area (Å²) < 4.78 is 11.1. The van der Waals surface area contributed by atoms with Gasteiger partial charge in [-0.25, -0.2) is 9.97 Å². The van der Waals surface area contributed by atoms with Crippen LogP contribution in [0.5, 0.6) is 0 Å². The predicted octanol–water partition coefficient (Wildman–Crippen LogP) is 2.02. The number of piperidine rings is 2. The van der Waals surface area contributed by atoms with E-state index < -0.39 is 0 Å². The lowest BCUT2D eigenvalue weighted by atomic mass is 10.1. The Balaban J connectivity index is 1.80. The van der Waals surface area contributed by atoms with Crippen molar-refractivity contribution in [1.82, 2.24) is 9.97 Å². The minimum Gasteiger partial charge on any atom is -0.380 e. The lowest BCUT2D eigenvalue weighted by Crippen LogP contribution is -2.42. The largest absolute Gasteiger partial charge is 0.380 e. The Bertz CT molecular complexity index is 483. The number of hydrogen-bond donors (Lipinski definition) is 0. The first-order valence-corrected chi connectivity index (χ1v) is 8.60. The molecule has 0 saturated carbocycles. The summed E-state index contributed by atoms with van der Waals surface area (Å²) in [7, 11) is 3.59. The van der Waals surface area contributed by atoms with Crippen LogP contribution in [0.15, 0.2) is 6.33 Å². The summed E-state index contributed by atoms with van der Waals surface area (Å²) in [6.07, 6.45) is 6.85. The van der Waals surface area contributed by atoms with Gasteiger partial charge >= 0.3 is 0 Å². The van der Waals surface area contributed by atoms with E-state index in [4.69, 9.17) is 9.47 Å². The van der Waals surface area contributed by atoms with E-state index in [9.17, 15) is 0 Å². The molecule has 23 heavy (non-hydrogen) atoms. The summed E-state index contributed by atoms with van der Waals surface area (Å²) in [5, 5.41) is 0. The first-order valence-electron chi connectivity index (χ1n) is 8.60. The molecule has 2 saturated heterocycles. The van der Waals surface area contributed by atoms with Crippen LogP contribution in [0.1, 0.15) is 31.2 Å². The van der Waals surface area contributed by atoms with Crippen LogP contribution in [0.25, 0.3) is 0 Å². The molecule has 0 N–H and O–H groups in total. The second kappa shape index (κ2) is 7.45. The monoisotopic (exact) mass is 320 g/mol. The highest BCUT2D eigenvalue weighted by Gasteiger charge is 2.26. The molecule has 6 nitrogen and oxygen atoms in total. The Kier molecular flexibility index (Phi) is 5.33. The Labute approximate surface area is 138 Å². The zero-order valence-corrected chi connectivity index (χ0v) is 14.5. The van der Waals surface area contributed by atoms with Gasteiger partial charge < -0.3 is 19.3 Å². The van der Waals surface area contributed by atoms with Gasteiger partial charge in [-0.3, -0.25) is 0 Å². The molecule has 128 valence electrons. The van der Waals surface area contributed by atoms with Crippen molar-refractivity contribution < 1.29 is 9.47 Å². The minimum absolute atomic E-state index is 0.300. The molecule has 2 fully saturated rings. The molecule has 2 aliphatic heterocycles. The number of methoxy groups -OCH3 is 2. The topological polar surface area (TPSA) is 50.7 Å². The molecule has 0 bridgehead atoms. The lowest BCUT2D eigenvalue weighted by molar-refractivity contribution is 0.0888. The molecule has 3 rings (SSSR count). The highest BCUT2D eigenvalue weighted by Crippen LogP contribution is 2.29. The second-order valence-corrected chi connectivity index (χ2v) is 6.54. The van der Waals surface area contributed by atoms with E-state index in [2.05, 4.69) is 26.7 Å². The van der Waals surface area contributed by atoms with Crippen LogP contribution in [0.3, 0.4) is 0 Å². The maximum atomic E-state index is 5.55. The van der Waals surface area contributed by atoms with Crippen molar-refractivity contribution in [2.75, 3.05) is 50.2 Å². The fraction of sp³-hybridized carbons (Fsp3) is 0.765. The third-order valence-electron chi connectivity index (χ3n) is 5.05. The van der Waals surface area contributed by atoms with Crippen LogP contribution < -0.4 is 9.80 Å². The molecular formula is C17H28N4O2. The van der Waals surface area contributed by atoms with Gasteiger partial charge in [0.25, 0.3) is 0 Å². The quantitative estimate of drug-likeness (QED) is 0.846. The Morgan fingerprint density at radius 2 is 1.39 bits per heavy atom. The van der Waals surface area contributed by atoms with Crippen molar-refractivity contribution in [1.29, 1.82) is 0 Å². The van der Waals surface area contributed by atoms with Crippen molar-refractivity contribution in [2.45, 2.75) is 44.8 Å². The summed E-state index contributed by atoms with van der Waals surface area (Å²) in [6.45, 7) is 6.04. The number of aromatic nitrogens is 2. The van der Waals surface area contributed by atoms with Crippen LogP contribution in [-0.2, 0) is 9.47 Å². The molecular weight excluding hydrogens is 292 g/mol. The van der Waals surface area contributed by atoms with Gasteiger partial charge in [0, 0.05) is 46.0 Å². The maximum Gasteiger partial charge on any atom is 0.137 e. The van der Waals surface area contributed by atoms with E-state index in [0.29, 0.717) is 12.2 Å². The lowest BCUT2D eigenvalue weighted by Gasteiger charge is -2.36. The van der Waals surface area contributed by atoms with E-state index >= 15 is 0 Å². The molecule has 1 aromatic heterocycles. The van der Waals surface area contributed by atoms with Gasteiger partial charge in [0.15, 0.2) is 0 Å². The SMILES string of the molecule is CO[C@H]1CCCN(c2ncnc(N3CCC[C@H](OC)C3)c2C)C1. The number of anilines is 2. The summed E-state index contributed by atoms with van der Waals surface area (Å²) >= 11 is 0. The van der Waals surface area contributed by atoms with Crippen molar-refractivity contribution >= 4 is 11.6 Å². The molecule has 0 aromatic carbocycles. The van der Waals surface area contributed by atoms with Crippen molar-refractivity contribution in [3.8, 4) is 0 Å².